The molecule has 0 radical (unpaired) electrons. The Morgan fingerprint density at radius 3 is 2.66 bits per heavy atom. The number of hydrogen-bond acceptors (Lipinski definition) is 5. The second kappa shape index (κ2) is 8.00. The summed E-state index contributed by atoms with van der Waals surface area (Å²) in [5.41, 5.74) is 3.21. The van der Waals surface area contributed by atoms with Gasteiger partial charge in [0, 0.05) is 32.1 Å². The van der Waals surface area contributed by atoms with Gasteiger partial charge in [0.1, 0.15) is 5.56 Å². The third-order valence-corrected chi connectivity index (χ3v) is 5.34. The molecule has 8 heteroatoms. The second-order valence-electron chi connectivity index (χ2n) is 7.37. The normalized spacial score (nSPS) is 16.4. The van der Waals surface area contributed by atoms with E-state index >= 15 is 0 Å². The number of aromatic nitrogens is 3. The number of fused-ring (bicyclic) bond motifs is 1. The van der Waals surface area contributed by atoms with Crippen molar-refractivity contribution < 1.29 is 19.8 Å². The molecule has 150 valence electrons. The molecular weight excluding hydrogens is 372 g/mol. The highest BCUT2D eigenvalue weighted by Crippen LogP contribution is 2.24. The highest BCUT2D eigenvalue weighted by atomic mass is 16.4. The second-order valence-corrected chi connectivity index (χ2v) is 7.37. The Hall–Kier alpha value is -3.26. The fourth-order valence-electron chi connectivity index (χ4n) is 3.79. The van der Waals surface area contributed by atoms with Crippen molar-refractivity contribution in [2.45, 2.75) is 19.3 Å². The number of benzene rings is 1. The predicted octanol–water partition coefficient (Wildman–Crippen LogP) is 1.67. The zero-order chi connectivity index (χ0) is 20.4. The number of rotatable bonds is 6. The first-order valence-corrected chi connectivity index (χ1v) is 9.60. The van der Waals surface area contributed by atoms with Crippen molar-refractivity contribution in [3.8, 4) is 0 Å². The average molecular weight is 394 g/mol. The van der Waals surface area contributed by atoms with Crippen molar-refractivity contribution in [1.82, 2.24) is 19.5 Å². The number of likely N-dealkylation sites (tertiary alicyclic amines) is 1. The van der Waals surface area contributed by atoms with E-state index < -0.39 is 5.97 Å². The van der Waals surface area contributed by atoms with Gasteiger partial charge in [-0.05, 0) is 48.4 Å². The number of amides is 1. The van der Waals surface area contributed by atoms with Crippen LogP contribution in [0, 0.1) is 5.92 Å². The van der Waals surface area contributed by atoms with Crippen LogP contribution in [0.1, 0.15) is 38.3 Å². The van der Waals surface area contributed by atoms with Gasteiger partial charge in [0.15, 0.2) is 5.65 Å². The maximum absolute atomic E-state index is 13.0. The third kappa shape index (κ3) is 3.97. The summed E-state index contributed by atoms with van der Waals surface area (Å²) in [5.74, 6) is -0.675. The molecule has 4 rings (SSSR count). The Kier molecular flexibility index (Phi) is 5.26. The number of hydrogen-bond donors (Lipinski definition) is 2. The molecule has 0 saturated carbocycles. The van der Waals surface area contributed by atoms with E-state index in [4.69, 9.17) is 10.2 Å². The summed E-state index contributed by atoms with van der Waals surface area (Å²) < 4.78 is 1.58. The molecule has 1 fully saturated rings. The summed E-state index contributed by atoms with van der Waals surface area (Å²) in [6.45, 7) is 1.37. The molecule has 1 atom stereocenters. The lowest BCUT2D eigenvalue weighted by atomic mass is 9.98. The number of carbonyl (C=O) groups excluding carboxylic acids is 1. The molecule has 0 aliphatic carbocycles. The zero-order valence-electron chi connectivity index (χ0n) is 15.9. The van der Waals surface area contributed by atoms with Gasteiger partial charge < -0.3 is 15.1 Å². The van der Waals surface area contributed by atoms with Gasteiger partial charge in [0.25, 0.3) is 5.91 Å². The van der Waals surface area contributed by atoms with E-state index in [1.165, 1.54) is 0 Å². The van der Waals surface area contributed by atoms with E-state index in [0.717, 1.165) is 24.0 Å². The van der Waals surface area contributed by atoms with E-state index in [1.807, 2.05) is 17.0 Å². The van der Waals surface area contributed by atoms with Gasteiger partial charge in [0.2, 0.25) is 0 Å². The quantitative estimate of drug-likeness (QED) is 0.658. The van der Waals surface area contributed by atoms with Crippen LogP contribution in [0.3, 0.4) is 0 Å². The molecule has 1 amide bonds. The standard InChI is InChI=1S/C21H22N4O4/c26-8-6-16-10-22-19-18(11-23-25(19)13-16)20(27)24-7-5-15(12-24)9-14-1-3-17(4-2-14)21(28)29/h1-4,10-11,13,15,26H,5-9,12H2,(H,28,29). The molecule has 1 saturated heterocycles. The van der Waals surface area contributed by atoms with Crippen LogP contribution in [-0.4, -0.2) is 61.3 Å². The Balaban J connectivity index is 1.43. The van der Waals surface area contributed by atoms with Crippen LogP contribution in [-0.2, 0) is 12.8 Å². The minimum absolute atomic E-state index is 0.0362. The Morgan fingerprint density at radius 2 is 1.93 bits per heavy atom. The molecule has 0 bridgehead atoms. The summed E-state index contributed by atoms with van der Waals surface area (Å²) in [4.78, 5) is 30.1. The molecule has 2 N–H and O–H groups in total. The summed E-state index contributed by atoms with van der Waals surface area (Å²) in [7, 11) is 0. The lowest BCUT2D eigenvalue weighted by Crippen LogP contribution is -2.29. The van der Waals surface area contributed by atoms with Crippen LogP contribution >= 0.6 is 0 Å². The Labute approximate surface area is 167 Å². The molecule has 1 aliphatic heterocycles. The monoisotopic (exact) mass is 394 g/mol. The van der Waals surface area contributed by atoms with Crippen molar-refractivity contribution in [3.63, 3.8) is 0 Å². The third-order valence-electron chi connectivity index (χ3n) is 5.34. The van der Waals surface area contributed by atoms with E-state index in [2.05, 4.69) is 10.1 Å². The van der Waals surface area contributed by atoms with Crippen LogP contribution in [0.15, 0.2) is 42.9 Å². The number of carboxylic acids is 1. The summed E-state index contributed by atoms with van der Waals surface area (Å²) in [6, 6.07) is 6.91. The molecule has 3 heterocycles. The predicted molar refractivity (Wildman–Crippen MR) is 105 cm³/mol. The maximum atomic E-state index is 13.0. The smallest absolute Gasteiger partial charge is 0.335 e. The molecule has 8 nitrogen and oxygen atoms in total. The number of nitrogens with zero attached hydrogens (tertiary/aromatic N) is 4. The molecule has 1 aliphatic rings. The molecule has 0 spiro atoms. The fourth-order valence-corrected chi connectivity index (χ4v) is 3.79. The van der Waals surface area contributed by atoms with Crippen molar-refractivity contribution in [2.75, 3.05) is 19.7 Å². The number of aliphatic hydroxyl groups is 1. The maximum Gasteiger partial charge on any atom is 0.335 e. The minimum Gasteiger partial charge on any atom is -0.478 e. The first kappa shape index (κ1) is 19.1. The SMILES string of the molecule is O=C(O)c1ccc(CC2CCN(C(=O)c3cnn4cc(CCO)cnc34)C2)cc1. The molecule has 2 aromatic heterocycles. The van der Waals surface area contributed by atoms with Crippen LogP contribution < -0.4 is 0 Å². The van der Waals surface area contributed by atoms with Crippen molar-refractivity contribution in [1.29, 1.82) is 0 Å². The van der Waals surface area contributed by atoms with Gasteiger partial charge in [-0.3, -0.25) is 4.79 Å². The number of carboxylic acid groups (broad SMARTS) is 1. The van der Waals surface area contributed by atoms with E-state index in [-0.39, 0.29) is 18.1 Å². The van der Waals surface area contributed by atoms with E-state index in [1.54, 1.807) is 35.2 Å². The lowest BCUT2D eigenvalue weighted by molar-refractivity contribution is 0.0696. The molecular formula is C21H22N4O4. The minimum atomic E-state index is -0.931. The lowest BCUT2D eigenvalue weighted by Gasteiger charge is -2.16. The Morgan fingerprint density at radius 1 is 1.14 bits per heavy atom. The van der Waals surface area contributed by atoms with Gasteiger partial charge in [-0.25, -0.2) is 14.3 Å². The van der Waals surface area contributed by atoms with Crippen LogP contribution in [0.5, 0.6) is 0 Å². The first-order chi connectivity index (χ1) is 14.0. The van der Waals surface area contributed by atoms with Crippen LogP contribution in [0.4, 0.5) is 0 Å². The topological polar surface area (TPSA) is 108 Å². The van der Waals surface area contributed by atoms with Gasteiger partial charge >= 0.3 is 5.97 Å². The van der Waals surface area contributed by atoms with Gasteiger partial charge in [0.05, 0.1) is 11.8 Å². The zero-order valence-corrected chi connectivity index (χ0v) is 15.9. The summed E-state index contributed by atoms with van der Waals surface area (Å²) in [6.07, 6.45) is 7.19. The number of carbonyl (C=O) groups is 2. The summed E-state index contributed by atoms with van der Waals surface area (Å²) >= 11 is 0. The van der Waals surface area contributed by atoms with Crippen molar-refractivity contribution in [2.24, 2.45) is 5.92 Å². The number of aliphatic hydroxyl groups excluding tert-OH is 1. The van der Waals surface area contributed by atoms with Crippen molar-refractivity contribution in [3.05, 3.63) is 65.1 Å². The van der Waals surface area contributed by atoms with Gasteiger partial charge in [-0.1, -0.05) is 12.1 Å². The first-order valence-electron chi connectivity index (χ1n) is 9.60. The fraction of sp³-hybridized carbons (Fsp3) is 0.333. The molecule has 1 aromatic carbocycles. The largest absolute Gasteiger partial charge is 0.478 e. The van der Waals surface area contributed by atoms with Crippen molar-refractivity contribution >= 4 is 17.5 Å². The molecule has 3 aromatic rings. The average Bonchev–Trinajstić information content (AvgIpc) is 3.35. The van der Waals surface area contributed by atoms with Gasteiger partial charge in [-0.15, -0.1) is 0 Å². The Bertz CT molecular complexity index is 1040. The van der Waals surface area contributed by atoms with Crippen LogP contribution in [0.25, 0.3) is 5.65 Å². The summed E-state index contributed by atoms with van der Waals surface area (Å²) in [5, 5.41) is 22.3. The van der Waals surface area contributed by atoms with E-state index in [9.17, 15) is 9.59 Å². The molecule has 29 heavy (non-hydrogen) atoms. The van der Waals surface area contributed by atoms with E-state index in [0.29, 0.717) is 36.6 Å². The number of aromatic carboxylic acids is 1. The van der Waals surface area contributed by atoms with Crippen LogP contribution in [0.2, 0.25) is 0 Å². The van der Waals surface area contributed by atoms with Gasteiger partial charge in [-0.2, -0.15) is 5.10 Å². The highest BCUT2D eigenvalue weighted by Gasteiger charge is 2.29. The molecule has 1 unspecified atom stereocenters. The highest BCUT2D eigenvalue weighted by molar-refractivity contribution is 5.99.